The van der Waals surface area contributed by atoms with Gasteiger partial charge in [0.2, 0.25) is 0 Å². The van der Waals surface area contributed by atoms with Crippen LogP contribution in [0.5, 0.6) is 0 Å². The average Bonchev–Trinajstić information content (AvgIpc) is 3.30. The number of aromatic nitrogens is 3. The summed E-state index contributed by atoms with van der Waals surface area (Å²) in [6.07, 6.45) is 4.74. The van der Waals surface area contributed by atoms with Crippen LogP contribution >= 0.6 is 35.3 Å². The van der Waals surface area contributed by atoms with Gasteiger partial charge in [0.15, 0.2) is 5.96 Å². The fourth-order valence-corrected chi connectivity index (χ4v) is 3.98. The normalized spacial score (nSPS) is 11.2. The van der Waals surface area contributed by atoms with Crippen molar-refractivity contribution >= 4 is 41.3 Å². The Morgan fingerprint density at radius 3 is 2.59 bits per heavy atom. The van der Waals surface area contributed by atoms with E-state index in [9.17, 15) is 0 Å². The van der Waals surface area contributed by atoms with Crippen LogP contribution in [0.1, 0.15) is 33.6 Å². The highest BCUT2D eigenvalue weighted by molar-refractivity contribution is 14.0. The number of hydrogen-bond acceptors (Lipinski definition) is 4. The van der Waals surface area contributed by atoms with E-state index >= 15 is 0 Å². The molecule has 1 aromatic carbocycles. The molecule has 0 fully saturated rings. The van der Waals surface area contributed by atoms with E-state index in [2.05, 4.69) is 65.8 Å². The van der Waals surface area contributed by atoms with Gasteiger partial charge >= 0.3 is 0 Å². The van der Waals surface area contributed by atoms with E-state index in [1.807, 2.05) is 16.9 Å². The second kappa shape index (κ2) is 11.9. The molecule has 3 aromatic rings. The van der Waals surface area contributed by atoms with Crippen LogP contribution in [0.25, 0.3) is 0 Å². The van der Waals surface area contributed by atoms with Crippen molar-refractivity contribution < 1.29 is 0 Å². The van der Waals surface area contributed by atoms with E-state index in [0.29, 0.717) is 6.54 Å². The van der Waals surface area contributed by atoms with Crippen molar-refractivity contribution in [1.82, 2.24) is 25.4 Å². The van der Waals surface area contributed by atoms with Crippen LogP contribution in [0.4, 0.5) is 0 Å². The molecule has 0 saturated carbocycles. The summed E-state index contributed by atoms with van der Waals surface area (Å²) in [4.78, 5) is 10.6. The second-order valence-corrected chi connectivity index (χ2v) is 7.87. The maximum Gasteiger partial charge on any atom is 0.191 e. The maximum atomic E-state index is 4.79. The van der Waals surface area contributed by atoms with Gasteiger partial charge in [-0.3, -0.25) is 4.68 Å². The zero-order valence-corrected chi connectivity index (χ0v) is 20.3. The Kier molecular flexibility index (Phi) is 9.59. The Bertz CT molecular complexity index is 904. The number of thiazole rings is 1. The molecule has 156 valence electrons. The molecule has 6 nitrogen and oxygen atoms in total. The number of hydrogen-bond donors (Lipinski definition) is 2. The van der Waals surface area contributed by atoms with E-state index in [-0.39, 0.29) is 24.0 Å². The molecule has 0 aliphatic carbocycles. The molecule has 0 radical (unpaired) electrons. The summed E-state index contributed by atoms with van der Waals surface area (Å²) in [5.41, 5.74) is 3.59. The topological polar surface area (TPSA) is 67.1 Å². The van der Waals surface area contributed by atoms with Gasteiger partial charge in [-0.15, -0.1) is 35.3 Å². The van der Waals surface area contributed by atoms with Crippen LogP contribution in [-0.2, 0) is 19.5 Å². The molecular weight excluding hydrogens is 495 g/mol. The largest absolute Gasteiger partial charge is 0.357 e. The Morgan fingerprint density at radius 2 is 1.93 bits per heavy atom. The molecule has 0 spiro atoms. The van der Waals surface area contributed by atoms with Crippen LogP contribution in [0.3, 0.4) is 0 Å². The highest BCUT2D eigenvalue weighted by Gasteiger charge is 2.06. The van der Waals surface area contributed by atoms with Gasteiger partial charge in [0.25, 0.3) is 0 Å². The fraction of sp³-hybridized carbons (Fsp3) is 0.381. The number of aryl methyl sites for hydroxylation is 2. The van der Waals surface area contributed by atoms with E-state index in [4.69, 9.17) is 4.99 Å². The maximum absolute atomic E-state index is 4.79. The van der Waals surface area contributed by atoms with Crippen molar-refractivity contribution in [2.24, 2.45) is 4.99 Å². The zero-order chi connectivity index (χ0) is 19.8. The lowest BCUT2D eigenvalue weighted by Gasteiger charge is -2.12. The quantitative estimate of drug-likeness (QED) is 0.266. The van der Waals surface area contributed by atoms with Gasteiger partial charge in [0, 0.05) is 36.8 Å². The van der Waals surface area contributed by atoms with Crippen molar-refractivity contribution in [3.63, 3.8) is 0 Å². The lowest BCUT2D eigenvalue weighted by Crippen LogP contribution is -2.38. The van der Waals surface area contributed by atoms with Crippen LogP contribution in [0, 0.1) is 13.8 Å². The summed E-state index contributed by atoms with van der Waals surface area (Å²) in [6.45, 7) is 9.27. The minimum atomic E-state index is 0. The average molecular weight is 524 g/mol. The van der Waals surface area contributed by atoms with Crippen molar-refractivity contribution in [3.8, 4) is 0 Å². The second-order valence-electron chi connectivity index (χ2n) is 6.59. The first kappa shape index (κ1) is 23.3. The lowest BCUT2D eigenvalue weighted by atomic mass is 10.1. The molecule has 2 N–H and O–H groups in total. The number of halogens is 1. The predicted octanol–water partition coefficient (Wildman–Crippen LogP) is 3.92. The van der Waals surface area contributed by atoms with Crippen molar-refractivity contribution in [3.05, 3.63) is 69.4 Å². The third-order valence-electron chi connectivity index (χ3n) is 4.41. The molecule has 0 aliphatic heterocycles. The number of nitrogens with one attached hydrogen (secondary N) is 2. The minimum Gasteiger partial charge on any atom is -0.357 e. The summed E-state index contributed by atoms with van der Waals surface area (Å²) in [5, 5.41) is 12.2. The third-order valence-corrected chi connectivity index (χ3v) is 5.54. The Balaban J connectivity index is 0.00000300. The molecule has 0 bridgehead atoms. The molecule has 0 saturated heterocycles. The van der Waals surface area contributed by atoms with E-state index in [0.717, 1.165) is 42.7 Å². The zero-order valence-electron chi connectivity index (χ0n) is 17.2. The Morgan fingerprint density at radius 1 is 1.14 bits per heavy atom. The van der Waals surface area contributed by atoms with Gasteiger partial charge in [-0.2, -0.15) is 5.10 Å². The standard InChI is InChI=1S/C21H28N6S.HI/c1-4-22-21(23-12-10-20-16(2)26-17(3)28-20)24-14-18-8-5-6-9-19(18)15-27-13-7-11-25-27;/h5-9,11,13H,4,10,12,14-15H2,1-3H3,(H2,22,23,24);1H. The van der Waals surface area contributed by atoms with Crippen molar-refractivity contribution in [1.29, 1.82) is 0 Å². The number of benzene rings is 1. The van der Waals surface area contributed by atoms with Crippen molar-refractivity contribution in [2.75, 3.05) is 13.1 Å². The summed E-state index contributed by atoms with van der Waals surface area (Å²) in [5.74, 6) is 0.843. The molecule has 2 aromatic heterocycles. The van der Waals surface area contributed by atoms with Crippen LogP contribution in [0.2, 0.25) is 0 Å². The molecule has 0 aliphatic rings. The van der Waals surface area contributed by atoms with Gasteiger partial charge in [-0.05, 0) is 38.0 Å². The fourth-order valence-electron chi connectivity index (χ4n) is 3.04. The van der Waals surface area contributed by atoms with Crippen LogP contribution in [-0.4, -0.2) is 33.8 Å². The summed E-state index contributed by atoms with van der Waals surface area (Å²) < 4.78 is 1.94. The summed E-state index contributed by atoms with van der Waals surface area (Å²) in [7, 11) is 0. The molecule has 0 unspecified atom stereocenters. The smallest absolute Gasteiger partial charge is 0.191 e. The first-order valence-electron chi connectivity index (χ1n) is 9.65. The van der Waals surface area contributed by atoms with Crippen LogP contribution < -0.4 is 10.6 Å². The van der Waals surface area contributed by atoms with Gasteiger partial charge in [0.05, 0.1) is 23.8 Å². The molecular formula is C21H29IN6S. The summed E-state index contributed by atoms with van der Waals surface area (Å²) >= 11 is 1.77. The van der Waals surface area contributed by atoms with Gasteiger partial charge in [-0.25, -0.2) is 9.98 Å². The molecule has 29 heavy (non-hydrogen) atoms. The third kappa shape index (κ3) is 7.11. The number of nitrogens with zero attached hydrogens (tertiary/aromatic N) is 4. The Labute approximate surface area is 193 Å². The molecule has 3 rings (SSSR count). The predicted molar refractivity (Wildman–Crippen MR) is 131 cm³/mol. The van der Waals surface area contributed by atoms with Crippen LogP contribution in [0.15, 0.2) is 47.7 Å². The van der Waals surface area contributed by atoms with Crippen molar-refractivity contribution in [2.45, 2.75) is 40.3 Å². The SMILES string of the molecule is CCNC(=NCc1ccccc1Cn1cccn1)NCCc1sc(C)nc1C.I. The van der Waals surface area contributed by atoms with E-state index in [1.165, 1.54) is 16.0 Å². The lowest BCUT2D eigenvalue weighted by molar-refractivity contribution is 0.680. The highest BCUT2D eigenvalue weighted by atomic mass is 127. The number of guanidine groups is 1. The molecule has 0 amide bonds. The molecule has 0 atom stereocenters. The monoisotopic (exact) mass is 524 g/mol. The Hall–Kier alpha value is -1.94. The first-order valence-corrected chi connectivity index (χ1v) is 10.5. The van der Waals surface area contributed by atoms with E-state index < -0.39 is 0 Å². The molecule has 2 heterocycles. The van der Waals surface area contributed by atoms with Gasteiger partial charge < -0.3 is 10.6 Å². The highest BCUT2D eigenvalue weighted by Crippen LogP contribution is 2.17. The summed E-state index contributed by atoms with van der Waals surface area (Å²) in [6, 6.07) is 10.3. The number of rotatable bonds is 8. The first-order chi connectivity index (χ1) is 13.7. The number of aliphatic imine (C=N–C) groups is 1. The van der Waals surface area contributed by atoms with Gasteiger partial charge in [-0.1, -0.05) is 24.3 Å². The molecule has 8 heteroatoms. The minimum absolute atomic E-state index is 0. The van der Waals surface area contributed by atoms with Gasteiger partial charge in [0.1, 0.15) is 0 Å². The van der Waals surface area contributed by atoms with E-state index in [1.54, 1.807) is 17.5 Å².